The summed E-state index contributed by atoms with van der Waals surface area (Å²) >= 11 is 0. The maximum atomic E-state index is 10.4. The molecule has 0 aliphatic heterocycles. The molecule has 0 aliphatic carbocycles. The molecule has 7 nitrogen and oxygen atoms in total. The van der Waals surface area contributed by atoms with Gasteiger partial charge < -0.3 is 25.3 Å². The number of carbonyl (C=O) groups is 4. The van der Waals surface area contributed by atoms with E-state index in [0.717, 1.165) is 37.1 Å². The molecule has 120 valence electrons. The third-order valence-corrected chi connectivity index (χ3v) is 1.90. The first-order chi connectivity index (χ1) is 9.25. The number of rotatable bonds is 8. The number of hydrogen-bond acceptors (Lipinski definition) is 4. The van der Waals surface area contributed by atoms with Crippen LogP contribution < -0.4 is 0 Å². The van der Waals surface area contributed by atoms with Gasteiger partial charge in [-0.3, -0.25) is 0 Å². The molecule has 0 aromatic heterocycles. The molecule has 0 rings (SSSR count). The zero-order chi connectivity index (χ0) is 16.0. The highest BCUT2D eigenvalue weighted by atomic mass is 16.4. The van der Waals surface area contributed by atoms with E-state index in [9.17, 15) is 19.2 Å². The van der Waals surface area contributed by atoms with Crippen molar-refractivity contribution in [3.63, 3.8) is 0 Å². The highest BCUT2D eigenvalue weighted by Crippen LogP contribution is 2.00. The van der Waals surface area contributed by atoms with E-state index in [1.165, 1.54) is 0 Å². The van der Waals surface area contributed by atoms with Crippen LogP contribution in [-0.2, 0) is 19.2 Å². The quantitative estimate of drug-likeness (QED) is 0.391. The van der Waals surface area contributed by atoms with Gasteiger partial charge in [0.2, 0.25) is 0 Å². The summed E-state index contributed by atoms with van der Waals surface area (Å²) in [7, 11) is 0. The average Bonchev–Trinajstić information content (AvgIpc) is 2.30. The Morgan fingerprint density at radius 3 is 1.24 bits per heavy atom. The minimum Gasteiger partial charge on any atom is -0.478 e. The average molecular weight is 302 g/mol. The lowest BCUT2D eigenvalue weighted by atomic mass is 10.1. The predicted octanol–water partition coefficient (Wildman–Crippen LogP) is 1.17. The van der Waals surface area contributed by atoms with Gasteiger partial charge in [-0.25, -0.2) is 9.59 Å². The van der Waals surface area contributed by atoms with Crippen molar-refractivity contribution in [1.29, 1.82) is 0 Å². The molecular weight excluding hydrogens is 280 g/mol. The summed E-state index contributed by atoms with van der Waals surface area (Å²) in [5, 5.41) is 16.0. The molecule has 21 heavy (non-hydrogen) atoms. The second kappa shape index (κ2) is 15.8. The Kier molecular flexibility index (Phi) is 17.9. The Labute approximate surface area is 123 Å². The van der Waals surface area contributed by atoms with E-state index in [0.29, 0.717) is 12.8 Å². The topological polar surface area (TPSA) is 140 Å². The molecule has 0 spiro atoms. The van der Waals surface area contributed by atoms with Gasteiger partial charge in [0.25, 0.3) is 0 Å². The van der Waals surface area contributed by atoms with Crippen LogP contribution in [0.25, 0.3) is 0 Å². The van der Waals surface area contributed by atoms with Gasteiger partial charge in [-0.15, -0.1) is 0 Å². The number of ketones is 2. The lowest BCUT2D eigenvalue weighted by Gasteiger charge is -1.93. The van der Waals surface area contributed by atoms with Crippen LogP contribution in [0.15, 0.2) is 24.3 Å². The maximum Gasteiger partial charge on any atom is 0.328 e. The summed E-state index contributed by atoms with van der Waals surface area (Å²) in [5.74, 6) is -1.78. The highest BCUT2D eigenvalue weighted by Gasteiger charge is 1.95. The van der Waals surface area contributed by atoms with E-state index in [4.69, 9.17) is 10.2 Å². The molecule has 0 saturated carbocycles. The van der Waals surface area contributed by atoms with Crippen LogP contribution in [0.2, 0.25) is 0 Å². The molecule has 0 bridgehead atoms. The molecule has 0 aliphatic rings. The molecule has 0 heterocycles. The van der Waals surface area contributed by atoms with Crippen LogP contribution >= 0.6 is 0 Å². The van der Waals surface area contributed by atoms with E-state index in [1.54, 1.807) is 13.8 Å². The zero-order valence-electron chi connectivity index (χ0n) is 12.2. The van der Waals surface area contributed by atoms with Gasteiger partial charge in [-0.2, -0.15) is 0 Å². The molecule has 0 fully saturated rings. The van der Waals surface area contributed by atoms with Crippen molar-refractivity contribution < 1.29 is 34.9 Å². The first-order valence-corrected chi connectivity index (χ1v) is 6.05. The summed E-state index contributed by atoms with van der Waals surface area (Å²) in [4.78, 5) is 40.4. The van der Waals surface area contributed by atoms with Crippen molar-refractivity contribution in [3.8, 4) is 0 Å². The Morgan fingerprint density at radius 2 is 1.05 bits per heavy atom. The van der Waals surface area contributed by atoms with E-state index >= 15 is 0 Å². The van der Waals surface area contributed by atoms with E-state index < -0.39 is 11.9 Å². The molecular formula is C14H22O7. The first kappa shape index (κ1) is 23.8. The molecule has 0 aromatic carbocycles. The second-order valence-electron chi connectivity index (χ2n) is 4.01. The number of carboxylic acids is 2. The third-order valence-electron chi connectivity index (χ3n) is 1.90. The molecule has 0 saturated heterocycles. The molecule has 7 heteroatoms. The number of Topliss-reactive ketones (excluding diaryl/α,β-unsaturated/α-hetero) is 2. The summed E-state index contributed by atoms with van der Waals surface area (Å²) in [6.45, 7) is 3.15. The van der Waals surface area contributed by atoms with Gasteiger partial charge in [0.15, 0.2) is 0 Å². The van der Waals surface area contributed by atoms with Crippen LogP contribution in [0.1, 0.15) is 39.5 Å². The van der Waals surface area contributed by atoms with Crippen LogP contribution in [0.3, 0.4) is 0 Å². The SMILES string of the molecule is CC(=O)CCCCC(C)=O.O.O=C(O)/C=C\C=C\C(=O)O. The highest BCUT2D eigenvalue weighted by molar-refractivity contribution is 5.82. The van der Waals surface area contributed by atoms with Gasteiger partial charge in [0.1, 0.15) is 11.6 Å². The molecule has 0 atom stereocenters. The number of allylic oxidation sites excluding steroid dienone is 2. The van der Waals surface area contributed by atoms with Crippen molar-refractivity contribution in [2.45, 2.75) is 39.5 Å². The summed E-state index contributed by atoms with van der Waals surface area (Å²) < 4.78 is 0. The van der Waals surface area contributed by atoms with Crippen molar-refractivity contribution in [2.24, 2.45) is 0 Å². The molecule has 0 amide bonds. The molecule has 0 aromatic rings. The van der Waals surface area contributed by atoms with Crippen LogP contribution in [0.5, 0.6) is 0 Å². The Balaban J connectivity index is -0.000000295. The van der Waals surface area contributed by atoms with Crippen molar-refractivity contribution in [3.05, 3.63) is 24.3 Å². The maximum absolute atomic E-state index is 10.4. The molecule has 0 unspecified atom stereocenters. The lowest BCUT2D eigenvalue weighted by Crippen LogP contribution is -1.92. The van der Waals surface area contributed by atoms with Gasteiger partial charge >= 0.3 is 11.9 Å². The number of aliphatic carboxylic acids is 2. The third kappa shape index (κ3) is 31.9. The van der Waals surface area contributed by atoms with Crippen molar-refractivity contribution in [1.82, 2.24) is 0 Å². The number of carbonyl (C=O) groups excluding carboxylic acids is 2. The van der Waals surface area contributed by atoms with Gasteiger partial charge in [-0.05, 0) is 26.7 Å². The summed E-state index contributed by atoms with van der Waals surface area (Å²) in [6.07, 6.45) is 6.91. The summed E-state index contributed by atoms with van der Waals surface area (Å²) in [6, 6.07) is 0. The Hall–Kier alpha value is -2.28. The van der Waals surface area contributed by atoms with Crippen molar-refractivity contribution in [2.75, 3.05) is 0 Å². The predicted molar refractivity (Wildman–Crippen MR) is 77.0 cm³/mol. The van der Waals surface area contributed by atoms with Crippen LogP contribution in [-0.4, -0.2) is 39.2 Å². The minimum absolute atomic E-state index is 0. The standard InChI is InChI=1S/C8H14O2.C6H6O4.H2O/c1-7(9)5-3-4-6-8(2)10;7-5(8)3-1-2-4-6(9)10;/h3-6H2,1-2H3;1-4H,(H,7,8)(H,9,10);1H2/b;3-1-,4-2+;. The van der Waals surface area contributed by atoms with Crippen molar-refractivity contribution >= 4 is 23.5 Å². The fraction of sp³-hybridized carbons (Fsp3) is 0.429. The number of carboxylic acid groups (broad SMARTS) is 2. The van der Waals surface area contributed by atoms with Gasteiger partial charge in [-0.1, -0.05) is 12.2 Å². The summed E-state index contributed by atoms with van der Waals surface area (Å²) in [5.41, 5.74) is 0. The van der Waals surface area contributed by atoms with E-state index in [-0.39, 0.29) is 17.0 Å². The monoisotopic (exact) mass is 302 g/mol. The zero-order valence-corrected chi connectivity index (χ0v) is 12.2. The fourth-order valence-electron chi connectivity index (χ4n) is 1.02. The number of hydrogen-bond donors (Lipinski definition) is 2. The van der Waals surface area contributed by atoms with E-state index in [1.807, 2.05) is 0 Å². The van der Waals surface area contributed by atoms with Gasteiger partial charge in [0, 0.05) is 25.0 Å². The largest absolute Gasteiger partial charge is 0.478 e. The lowest BCUT2D eigenvalue weighted by molar-refractivity contribution is -0.132. The normalized spacial score (nSPS) is 9.62. The molecule has 4 N–H and O–H groups in total. The van der Waals surface area contributed by atoms with E-state index in [2.05, 4.69) is 0 Å². The number of unbranched alkanes of at least 4 members (excludes halogenated alkanes) is 1. The van der Waals surface area contributed by atoms with Crippen LogP contribution in [0, 0.1) is 0 Å². The molecule has 0 radical (unpaired) electrons. The smallest absolute Gasteiger partial charge is 0.328 e. The first-order valence-electron chi connectivity index (χ1n) is 6.05. The van der Waals surface area contributed by atoms with Gasteiger partial charge in [0.05, 0.1) is 0 Å². The Bertz CT molecular complexity index is 356. The second-order valence-corrected chi connectivity index (χ2v) is 4.01. The minimum atomic E-state index is -1.10. The Morgan fingerprint density at radius 1 is 0.762 bits per heavy atom. The fourth-order valence-corrected chi connectivity index (χ4v) is 1.02. The van der Waals surface area contributed by atoms with Crippen LogP contribution in [0.4, 0.5) is 0 Å².